The molecule has 2 aromatic heterocycles. The van der Waals surface area contributed by atoms with E-state index in [1.807, 2.05) is 40.3 Å². The number of para-hydroxylation sites is 2. The van der Waals surface area contributed by atoms with Gasteiger partial charge in [-0.1, -0.05) is 25.0 Å². The van der Waals surface area contributed by atoms with Crippen molar-refractivity contribution in [3.8, 4) is 0 Å². The van der Waals surface area contributed by atoms with E-state index in [1.165, 1.54) is 20.0 Å². The standard InChI is InChI=1S/C31H39N3O8/c1-33-20-11-5-6-12-21(20)34-23(27(35)36-2)19(32-29(33)34)17-37-28-26-25(41-31(42-26)15-9-4-10-16-31)24(39-28)22-18-38-30(40-22)13-7-3-8-14-30/h5-6,11-12,22,24-26,28H,3-4,7-10,13-18H2,1-2H3/t22-,24+,25+,26+,28+/m0/s1. The molecule has 5 atom stereocenters. The van der Waals surface area contributed by atoms with E-state index in [0.717, 1.165) is 62.4 Å². The molecule has 0 unspecified atom stereocenters. The minimum atomic E-state index is -0.708. The highest BCUT2D eigenvalue weighted by atomic mass is 16.8. The molecule has 42 heavy (non-hydrogen) atoms. The predicted octanol–water partition coefficient (Wildman–Crippen LogP) is 4.37. The number of carbonyl (C=O) groups is 1. The number of imidazole rings is 2. The van der Waals surface area contributed by atoms with Crippen LogP contribution in [0, 0.1) is 0 Å². The molecule has 8 rings (SSSR count). The van der Waals surface area contributed by atoms with Gasteiger partial charge in [0.05, 0.1) is 31.4 Å². The van der Waals surface area contributed by atoms with Crippen LogP contribution in [0.5, 0.6) is 0 Å². The maximum absolute atomic E-state index is 13.1. The molecule has 11 nitrogen and oxygen atoms in total. The maximum atomic E-state index is 13.1. The Morgan fingerprint density at radius 2 is 1.62 bits per heavy atom. The summed E-state index contributed by atoms with van der Waals surface area (Å²) in [6.07, 6.45) is 8.18. The average molecular weight is 582 g/mol. The van der Waals surface area contributed by atoms with Gasteiger partial charge in [-0.3, -0.25) is 4.40 Å². The monoisotopic (exact) mass is 581 g/mol. The number of hydrogen-bond donors (Lipinski definition) is 0. The van der Waals surface area contributed by atoms with E-state index in [-0.39, 0.29) is 24.9 Å². The Kier molecular flexibility index (Phi) is 6.62. The van der Waals surface area contributed by atoms with Crippen LogP contribution in [-0.2, 0) is 46.8 Å². The van der Waals surface area contributed by atoms with Crippen LogP contribution in [0.25, 0.3) is 16.8 Å². The zero-order valence-corrected chi connectivity index (χ0v) is 24.3. The van der Waals surface area contributed by atoms with E-state index < -0.39 is 29.9 Å². The zero-order valence-electron chi connectivity index (χ0n) is 24.3. The van der Waals surface area contributed by atoms with Crippen LogP contribution in [0.15, 0.2) is 24.3 Å². The minimum absolute atomic E-state index is 0.0450. The SMILES string of the molecule is COC(=O)c1c(CO[C@@H]2O[C@H]([C@@H]3COC4(CCCCC4)O3)[C@H]3OC4(CCCCC4)O[C@@H]23)nc2n(C)c3ccccc3n12. The summed E-state index contributed by atoms with van der Waals surface area (Å²) in [5.41, 5.74) is 2.66. The molecule has 5 heterocycles. The number of fused-ring (bicyclic) bond motifs is 4. The molecular weight excluding hydrogens is 542 g/mol. The fraction of sp³-hybridized carbons (Fsp3) is 0.677. The quantitative estimate of drug-likeness (QED) is 0.406. The van der Waals surface area contributed by atoms with Gasteiger partial charge in [-0.25, -0.2) is 9.78 Å². The van der Waals surface area contributed by atoms with E-state index >= 15 is 0 Å². The highest BCUT2D eigenvalue weighted by Gasteiger charge is 2.62. The third-order valence-electron chi connectivity index (χ3n) is 9.86. The second-order valence-electron chi connectivity index (χ2n) is 12.4. The second-order valence-corrected chi connectivity index (χ2v) is 12.4. The summed E-state index contributed by atoms with van der Waals surface area (Å²) >= 11 is 0. The van der Waals surface area contributed by atoms with Gasteiger partial charge in [-0.05, 0) is 37.8 Å². The molecule has 5 aliphatic rings. The summed E-state index contributed by atoms with van der Waals surface area (Å²) in [7, 11) is 3.31. The third kappa shape index (κ3) is 4.23. The molecule has 2 saturated carbocycles. The van der Waals surface area contributed by atoms with Crippen molar-refractivity contribution in [3.63, 3.8) is 0 Å². The Morgan fingerprint density at radius 3 is 2.36 bits per heavy atom. The van der Waals surface area contributed by atoms with Crippen molar-refractivity contribution in [3.05, 3.63) is 35.7 Å². The molecule has 0 bridgehead atoms. The fourth-order valence-corrected chi connectivity index (χ4v) is 7.80. The third-order valence-corrected chi connectivity index (χ3v) is 9.86. The number of aromatic nitrogens is 3. The zero-order chi connectivity index (χ0) is 28.5. The second kappa shape index (κ2) is 10.3. The summed E-state index contributed by atoms with van der Waals surface area (Å²) in [6, 6.07) is 7.87. The number of ether oxygens (including phenoxy) is 7. The van der Waals surface area contributed by atoms with Crippen molar-refractivity contribution in [1.82, 2.24) is 14.0 Å². The number of carbonyl (C=O) groups excluding carboxylic acids is 1. The first kappa shape index (κ1) is 27.0. The van der Waals surface area contributed by atoms with Crippen LogP contribution in [0.3, 0.4) is 0 Å². The molecule has 3 aliphatic heterocycles. The van der Waals surface area contributed by atoms with Gasteiger partial charge in [0, 0.05) is 32.7 Å². The maximum Gasteiger partial charge on any atom is 0.357 e. The van der Waals surface area contributed by atoms with E-state index in [0.29, 0.717) is 23.8 Å². The number of benzene rings is 1. The van der Waals surface area contributed by atoms with Crippen molar-refractivity contribution >= 4 is 22.8 Å². The summed E-state index contributed by atoms with van der Waals surface area (Å²) < 4.78 is 48.2. The van der Waals surface area contributed by atoms with Gasteiger partial charge in [-0.2, -0.15) is 0 Å². The van der Waals surface area contributed by atoms with Gasteiger partial charge >= 0.3 is 5.97 Å². The molecule has 3 aromatic rings. The summed E-state index contributed by atoms with van der Waals surface area (Å²) in [6.45, 7) is 0.506. The molecule has 0 radical (unpaired) electrons. The van der Waals surface area contributed by atoms with Crippen molar-refractivity contribution in [2.75, 3.05) is 13.7 Å². The Bertz CT molecular complexity index is 1490. The first-order chi connectivity index (χ1) is 20.5. The molecular formula is C31H39N3O8. The van der Waals surface area contributed by atoms with Crippen LogP contribution in [0.1, 0.15) is 80.4 Å². The van der Waals surface area contributed by atoms with Gasteiger partial charge in [-0.15, -0.1) is 0 Å². The Balaban J connectivity index is 1.08. The number of hydrogen-bond acceptors (Lipinski definition) is 9. The van der Waals surface area contributed by atoms with Crippen LogP contribution in [0.4, 0.5) is 0 Å². The Morgan fingerprint density at radius 1 is 0.929 bits per heavy atom. The van der Waals surface area contributed by atoms with Crippen molar-refractivity contribution in [2.24, 2.45) is 7.05 Å². The molecule has 5 fully saturated rings. The Labute approximate surface area is 244 Å². The number of rotatable bonds is 5. The highest BCUT2D eigenvalue weighted by Crippen LogP contribution is 2.49. The molecule has 226 valence electrons. The molecule has 11 heteroatoms. The van der Waals surface area contributed by atoms with Crippen molar-refractivity contribution in [1.29, 1.82) is 0 Å². The Hall–Kier alpha value is -2.54. The summed E-state index contributed by atoms with van der Waals surface area (Å²) in [4.78, 5) is 17.9. The van der Waals surface area contributed by atoms with Crippen molar-refractivity contribution in [2.45, 2.75) is 113 Å². The van der Waals surface area contributed by atoms with Crippen LogP contribution in [-0.4, -0.2) is 75.9 Å². The minimum Gasteiger partial charge on any atom is -0.464 e. The van der Waals surface area contributed by atoms with Gasteiger partial charge < -0.3 is 37.7 Å². The normalized spacial score (nSPS) is 31.9. The van der Waals surface area contributed by atoms with E-state index in [4.69, 9.17) is 38.1 Å². The van der Waals surface area contributed by atoms with E-state index in [1.54, 1.807) is 0 Å². The van der Waals surface area contributed by atoms with Crippen LogP contribution < -0.4 is 0 Å². The molecule has 1 aromatic carbocycles. The van der Waals surface area contributed by atoms with Crippen LogP contribution in [0.2, 0.25) is 0 Å². The first-order valence-corrected chi connectivity index (χ1v) is 15.5. The molecule has 2 aliphatic carbocycles. The van der Waals surface area contributed by atoms with Crippen molar-refractivity contribution < 1.29 is 38.0 Å². The number of esters is 1. The molecule has 0 amide bonds. The van der Waals surface area contributed by atoms with E-state index in [9.17, 15) is 4.79 Å². The first-order valence-electron chi connectivity index (χ1n) is 15.5. The van der Waals surface area contributed by atoms with E-state index in [2.05, 4.69) is 0 Å². The molecule has 3 saturated heterocycles. The molecule has 0 N–H and O–H groups in total. The number of nitrogens with zero attached hydrogens (tertiary/aromatic N) is 3. The smallest absolute Gasteiger partial charge is 0.357 e. The fourth-order valence-electron chi connectivity index (χ4n) is 7.80. The molecule has 2 spiro atoms. The highest BCUT2D eigenvalue weighted by molar-refractivity contribution is 5.93. The topological polar surface area (TPSA) is 104 Å². The predicted molar refractivity (Wildman–Crippen MR) is 149 cm³/mol. The van der Waals surface area contributed by atoms with Gasteiger partial charge in [0.15, 0.2) is 23.6 Å². The largest absolute Gasteiger partial charge is 0.464 e. The van der Waals surface area contributed by atoms with Crippen LogP contribution >= 0.6 is 0 Å². The van der Waals surface area contributed by atoms with Gasteiger partial charge in [0.1, 0.15) is 30.1 Å². The van der Waals surface area contributed by atoms with Gasteiger partial charge in [0.2, 0.25) is 5.78 Å². The summed E-state index contributed by atoms with van der Waals surface area (Å²) in [5, 5.41) is 0. The summed E-state index contributed by atoms with van der Waals surface area (Å²) in [5.74, 6) is -0.971. The number of methoxy groups -OCH3 is 1. The number of aryl methyl sites for hydroxylation is 1. The van der Waals surface area contributed by atoms with Gasteiger partial charge in [0.25, 0.3) is 0 Å². The lowest BCUT2D eigenvalue weighted by Crippen LogP contribution is -2.43. The lowest BCUT2D eigenvalue weighted by molar-refractivity contribution is -0.270. The average Bonchev–Trinajstić information content (AvgIpc) is 3.81. The lowest BCUT2D eigenvalue weighted by atomic mass is 9.94. The lowest BCUT2D eigenvalue weighted by Gasteiger charge is -2.35.